The number of hydrogen-bond acceptors (Lipinski definition) is 4. The minimum Gasteiger partial charge on any atom is -0.493 e. The van der Waals surface area contributed by atoms with Gasteiger partial charge in [-0.1, -0.05) is 55.0 Å². The van der Waals surface area contributed by atoms with Crippen molar-refractivity contribution >= 4 is 5.78 Å². The molecular formula is C26H34O4. The minimum atomic E-state index is -1.00. The molecule has 0 aliphatic heterocycles. The fraction of sp³-hybridized carbons (Fsp3) is 0.423. The molecule has 2 aromatic rings. The van der Waals surface area contributed by atoms with Gasteiger partial charge in [-0.2, -0.15) is 0 Å². The summed E-state index contributed by atoms with van der Waals surface area (Å²) in [6, 6.07) is 15.4. The first-order valence-corrected chi connectivity index (χ1v) is 10.6. The largest absolute Gasteiger partial charge is 0.493 e. The Morgan fingerprint density at radius 2 is 1.80 bits per heavy atom. The van der Waals surface area contributed by atoms with Crippen molar-refractivity contribution in [2.45, 2.75) is 59.2 Å². The third-order valence-electron chi connectivity index (χ3n) is 5.03. The van der Waals surface area contributed by atoms with E-state index in [-0.39, 0.29) is 18.1 Å². The first-order valence-electron chi connectivity index (χ1n) is 10.6. The van der Waals surface area contributed by atoms with Crippen LogP contribution in [0.1, 0.15) is 51.2 Å². The Labute approximate surface area is 180 Å². The Balaban J connectivity index is 1.90. The monoisotopic (exact) mass is 410 g/mol. The molecular weight excluding hydrogens is 376 g/mol. The summed E-state index contributed by atoms with van der Waals surface area (Å²) in [7, 11) is 1.59. The van der Waals surface area contributed by atoms with E-state index in [4.69, 9.17) is 9.47 Å². The zero-order valence-electron chi connectivity index (χ0n) is 18.6. The molecule has 0 bridgehead atoms. The number of benzene rings is 2. The average molecular weight is 411 g/mol. The number of ether oxygens (including phenoxy) is 2. The van der Waals surface area contributed by atoms with Gasteiger partial charge >= 0.3 is 0 Å². The summed E-state index contributed by atoms with van der Waals surface area (Å²) < 4.78 is 11.3. The molecule has 2 aromatic carbocycles. The van der Waals surface area contributed by atoms with Crippen LogP contribution in [0.5, 0.6) is 11.5 Å². The van der Waals surface area contributed by atoms with Crippen LogP contribution in [0.15, 0.2) is 60.2 Å². The highest BCUT2D eigenvalue weighted by Crippen LogP contribution is 2.29. The van der Waals surface area contributed by atoms with Gasteiger partial charge in [0.25, 0.3) is 0 Å². The van der Waals surface area contributed by atoms with Crippen LogP contribution in [-0.4, -0.2) is 24.1 Å². The maximum absolute atomic E-state index is 12.4. The molecule has 0 spiro atoms. The Kier molecular flexibility index (Phi) is 9.62. The standard InChI is InChI=1S/C26H34O4/c1-19(2)9-8-10-20(3)15-23(27)24(28)16-22-13-14-25(26(17-22)29-4)30-18-21-11-6-5-7-12-21/h5-7,9,11-14,17,20,24,28H,8,10,15-16,18H2,1-4H3/t20-,24?/m1/s1. The number of allylic oxidation sites excluding steroid dienone is 2. The van der Waals surface area contributed by atoms with E-state index >= 15 is 0 Å². The highest BCUT2D eigenvalue weighted by molar-refractivity contribution is 5.83. The topological polar surface area (TPSA) is 55.8 Å². The van der Waals surface area contributed by atoms with Crippen LogP contribution in [0, 0.1) is 5.92 Å². The van der Waals surface area contributed by atoms with Crippen molar-refractivity contribution in [1.82, 2.24) is 0 Å². The third-order valence-corrected chi connectivity index (χ3v) is 5.03. The van der Waals surface area contributed by atoms with Crippen molar-refractivity contribution in [3.63, 3.8) is 0 Å². The van der Waals surface area contributed by atoms with Gasteiger partial charge in [-0.05, 0) is 55.9 Å². The lowest BCUT2D eigenvalue weighted by atomic mass is 9.94. The van der Waals surface area contributed by atoms with Crippen molar-refractivity contribution in [3.05, 3.63) is 71.3 Å². The maximum atomic E-state index is 12.4. The molecule has 0 aromatic heterocycles. The summed E-state index contributed by atoms with van der Waals surface area (Å²) in [6.45, 7) is 6.66. The highest BCUT2D eigenvalue weighted by atomic mass is 16.5. The van der Waals surface area contributed by atoms with Gasteiger partial charge in [0.15, 0.2) is 17.3 Å². The van der Waals surface area contributed by atoms with Crippen molar-refractivity contribution in [1.29, 1.82) is 0 Å². The van der Waals surface area contributed by atoms with Gasteiger partial charge in [0.2, 0.25) is 0 Å². The third kappa shape index (κ3) is 8.03. The fourth-order valence-electron chi connectivity index (χ4n) is 3.27. The van der Waals surface area contributed by atoms with Crippen molar-refractivity contribution in [2.75, 3.05) is 7.11 Å². The smallest absolute Gasteiger partial charge is 0.161 e. The molecule has 4 nitrogen and oxygen atoms in total. The number of methoxy groups -OCH3 is 1. The fourth-order valence-corrected chi connectivity index (χ4v) is 3.27. The van der Waals surface area contributed by atoms with E-state index in [2.05, 4.69) is 26.8 Å². The van der Waals surface area contributed by atoms with Gasteiger partial charge in [-0.25, -0.2) is 0 Å². The van der Waals surface area contributed by atoms with E-state index in [1.54, 1.807) is 7.11 Å². The molecule has 4 heteroatoms. The molecule has 1 N–H and O–H groups in total. The van der Waals surface area contributed by atoms with Gasteiger partial charge in [0, 0.05) is 12.8 Å². The second-order valence-corrected chi connectivity index (χ2v) is 8.11. The van der Waals surface area contributed by atoms with E-state index < -0.39 is 6.10 Å². The number of aliphatic hydroxyl groups excluding tert-OH is 1. The molecule has 0 aliphatic rings. The Hall–Kier alpha value is -2.59. The zero-order chi connectivity index (χ0) is 21.9. The van der Waals surface area contributed by atoms with Crippen LogP contribution < -0.4 is 9.47 Å². The molecule has 1 unspecified atom stereocenters. The summed E-state index contributed by atoms with van der Waals surface area (Å²) in [4.78, 5) is 12.4. The van der Waals surface area contributed by atoms with Crippen molar-refractivity contribution in [2.24, 2.45) is 5.92 Å². The number of Topliss-reactive ketones (excluding diaryl/α,β-unsaturated/α-hetero) is 1. The van der Waals surface area contributed by atoms with E-state index in [1.807, 2.05) is 48.5 Å². The molecule has 162 valence electrons. The van der Waals surface area contributed by atoms with E-state index in [0.717, 1.165) is 24.0 Å². The van der Waals surface area contributed by atoms with Crippen LogP contribution in [0.2, 0.25) is 0 Å². The Morgan fingerprint density at radius 1 is 1.07 bits per heavy atom. The predicted molar refractivity (Wildman–Crippen MR) is 121 cm³/mol. The van der Waals surface area contributed by atoms with Crippen molar-refractivity contribution < 1.29 is 19.4 Å². The second kappa shape index (κ2) is 12.2. The SMILES string of the molecule is COc1cc(CC(O)C(=O)C[C@H](C)CCC=C(C)C)ccc1OCc1ccccc1. The summed E-state index contributed by atoms with van der Waals surface area (Å²) in [5.41, 5.74) is 3.21. The van der Waals surface area contributed by atoms with E-state index in [1.165, 1.54) is 5.57 Å². The number of ketones is 1. The van der Waals surface area contributed by atoms with Crippen LogP contribution in [0.3, 0.4) is 0 Å². The number of rotatable bonds is 12. The van der Waals surface area contributed by atoms with Gasteiger partial charge in [0.1, 0.15) is 12.7 Å². The number of aliphatic hydroxyl groups is 1. The summed E-state index contributed by atoms with van der Waals surface area (Å²) in [5.74, 6) is 1.38. The summed E-state index contributed by atoms with van der Waals surface area (Å²) in [5, 5.41) is 10.4. The molecule has 0 amide bonds. The van der Waals surface area contributed by atoms with Gasteiger partial charge < -0.3 is 14.6 Å². The minimum absolute atomic E-state index is 0.108. The Morgan fingerprint density at radius 3 is 2.47 bits per heavy atom. The Bertz CT molecular complexity index is 822. The van der Waals surface area contributed by atoms with Gasteiger partial charge in [0.05, 0.1) is 7.11 Å². The quantitative estimate of drug-likeness (QED) is 0.468. The number of carbonyl (C=O) groups is 1. The lowest BCUT2D eigenvalue weighted by Gasteiger charge is -2.15. The number of hydrogen-bond donors (Lipinski definition) is 1. The molecule has 0 radical (unpaired) electrons. The lowest BCUT2D eigenvalue weighted by Crippen LogP contribution is -2.24. The maximum Gasteiger partial charge on any atom is 0.161 e. The first kappa shape index (κ1) is 23.7. The lowest BCUT2D eigenvalue weighted by molar-refractivity contribution is -0.127. The van der Waals surface area contributed by atoms with Crippen LogP contribution in [-0.2, 0) is 17.8 Å². The van der Waals surface area contributed by atoms with Gasteiger partial charge in [-0.3, -0.25) is 4.79 Å². The molecule has 0 saturated carbocycles. The zero-order valence-corrected chi connectivity index (χ0v) is 18.6. The molecule has 2 rings (SSSR count). The molecule has 0 fully saturated rings. The highest BCUT2D eigenvalue weighted by Gasteiger charge is 2.19. The van der Waals surface area contributed by atoms with E-state index in [9.17, 15) is 9.90 Å². The number of carbonyl (C=O) groups excluding carboxylic acids is 1. The first-order chi connectivity index (χ1) is 14.4. The molecule has 30 heavy (non-hydrogen) atoms. The van der Waals surface area contributed by atoms with E-state index in [0.29, 0.717) is 24.5 Å². The normalized spacial score (nSPS) is 12.7. The average Bonchev–Trinajstić information content (AvgIpc) is 2.73. The van der Waals surface area contributed by atoms with Crippen LogP contribution in [0.4, 0.5) is 0 Å². The van der Waals surface area contributed by atoms with Gasteiger partial charge in [-0.15, -0.1) is 0 Å². The predicted octanol–water partition coefficient (Wildman–Crippen LogP) is 5.52. The van der Waals surface area contributed by atoms with Crippen LogP contribution >= 0.6 is 0 Å². The summed E-state index contributed by atoms with van der Waals surface area (Å²) >= 11 is 0. The van der Waals surface area contributed by atoms with Crippen molar-refractivity contribution in [3.8, 4) is 11.5 Å². The molecule has 0 aliphatic carbocycles. The molecule has 0 saturated heterocycles. The molecule has 0 heterocycles. The van der Waals surface area contributed by atoms with Crippen LogP contribution in [0.25, 0.3) is 0 Å². The summed E-state index contributed by atoms with van der Waals surface area (Å²) in [6.07, 6.45) is 3.77. The molecule has 2 atom stereocenters. The second-order valence-electron chi connectivity index (χ2n) is 8.11.